The van der Waals surface area contributed by atoms with Crippen molar-refractivity contribution in [3.05, 3.63) is 42.4 Å². The van der Waals surface area contributed by atoms with E-state index in [4.69, 9.17) is 4.74 Å². The molecule has 3 rings (SSSR count). The first-order valence-electron chi connectivity index (χ1n) is 9.84. The molecule has 0 aliphatic carbocycles. The molecule has 2 aromatic heterocycles. The fourth-order valence-corrected chi connectivity index (χ4v) is 3.13. The van der Waals surface area contributed by atoms with Crippen LogP contribution in [0.15, 0.2) is 36.7 Å². The van der Waals surface area contributed by atoms with Crippen molar-refractivity contribution in [1.82, 2.24) is 20.1 Å². The van der Waals surface area contributed by atoms with Crippen molar-refractivity contribution in [3.8, 4) is 11.3 Å². The average Bonchev–Trinajstić information content (AvgIpc) is 3.08. The van der Waals surface area contributed by atoms with Gasteiger partial charge in [-0.15, -0.1) is 0 Å². The second-order valence-electron chi connectivity index (χ2n) is 8.24. The molecular formula is C21H25F2N5O3. The molecule has 0 saturated carbocycles. The standard InChI is InChI=1S/C21H25F2N5O3/c1-12-6-5-7-14(27-20(30)31-21(2,3)4)15-10-13(8-9-24-15)17-16(26-18(12)29)11-25-28(17)19(22)23/h5-6,8-12,14,19H,7H2,1-4H3,(H,26,29)(H,27,30)/b6-5+/t12-,14+/m0/s1. The van der Waals surface area contributed by atoms with Gasteiger partial charge in [0.05, 0.1) is 35.2 Å². The molecular weight excluding hydrogens is 408 g/mol. The van der Waals surface area contributed by atoms with E-state index in [1.807, 2.05) is 0 Å². The van der Waals surface area contributed by atoms with E-state index in [9.17, 15) is 18.4 Å². The summed E-state index contributed by atoms with van der Waals surface area (Å²) in [6.45, 7) is 4.03. The normalized spacial score (nSPS) is 20.2. The van der Waals surface area contributed by atoms with Gasteiger partial charge in [0, 0.05) is 11.8 Å². The van der Waals surface area contributed by atoms with Crippen LogP contribution in [-0.4, -0.2) is 32.4 Å². The first-order valence-corrected chi connectivity index (χ1v) is 9.84. The summed E-state index contributed by atoms with van der Waals surface area (Å²) in [4.78, 5) is 29.2. The molecule has 2 aromatic rings. The van der Waals surface area contributed by atoms with Gasteiger partial charge in [-0.2, -0.15) is 13.9 Å². The highest BCUT2D eigenvalue weighted by Crippen LogP contribution is 2.33. The lowest BCUT2D eigenvalue weighted by Crippen LogP contribution is -2.35. The van der Waals surface area contributed by atoms with Crippen molar-refractivity contribution in [2.45, 2.75) is 52.3 Å². The number of halogens is 2. The number of aromatic nitrogens is 3. The summed E-state index contributed by atoms with van der Waals surface area (Å²) in [6, 6.07) is 2.55. The van der Waals surface area contributed by atoms with Gasteiger partial charge in [0.15, 0.2) is 0 Å². The molecule has 2 bridgehead atoms. The minimum atomic E-state index is -2.90. The van der Waals surface area contributed by atoms with Crippen molar-refractivity contribution in [3.63, 3.8) is 0 Å². The Balaban J connectivity index is 2.07. The van der Waals surface area contributed by atoms with Crippen LogP contribution < -0.4 is 10.6 Å². The zero-order valence-electron chi connectivity index (χ0n) is 17.7. The predicted molar refractivity (Wildman–Crippen MR) is 110 cm³/mol. The number of hydrogen-bond acceptors (Lipinski definition) is 5. The third kappa shape index (κ3) is 5.44. The van der Waals surface area contributed by atoms with Crippen molar-refractivity contribution >= 4 is 17.7 Å². The fraction of sp³-hybridized carbons (Fsp3) is 0.429. The van der Waals surface area contributed by atoms with Crippen LogP contribution in [0, 0.1) is 5.92 Å². The lowest BCUT2D eigenvalue weighted by Gasteiger charge is -2.23. The predicted octanol–water partition coefficient (Wildman–Crippen LogP) is 4.44. The van der Waals surface area contributed by atoms with E-state index in [-0.39, 0.29) is 17.3 Å². The largest absolute Gasteiger partial charge is 0.444 e. The van der Waals surface area contributed by atoms with Gasteiger partial charge in [0.1, 0.15) is 5.60 Å². The number of fused-ring (bicyclic) bond motifs is 4. The monoisotopic (exact) mass is 433 g/mol. The Morgan fingerprint density at radius 3 is 2.81 bits per heavy atom. The summed E-state index contributed by atoms with van der Waals surface area (Å²) >= 11 is 0. The number of amides is 2. The Hall–Kier alpha value is -3.30. The molecule has 166 valence electrons. The third-order valence-corrected chi connectivity index (χ3v) is 4.55. The van der Waals surface area contributed by atoms with E-state index in [0.717, 1.165) is 0 Å². The first-order chi connectivity index (χ1) is 14.5. The van der Waals surface area contributed by atoms with Gasteiger partial charge < -0.3 is 15.4 Å². The van der Waals surface area contributed by atoms with Gasteiger partial charge in [-0.3, -0.25) is 9.78 Å². The number of alkyl halides is 2. The molecule has 2 N–H and O–H groups in total. The fourth-order valence-electron chi connectivity index (χ4n) is 3.13. The van der Waals surface area contributed by atoms with Crippen LogP contribution >= 0.6 is 0 Å². The summed E-state index contributed by atoms with van der Waals surface area (Å²) < 4.78 is 33.0. The summed E-state index contributed by atoms with van der Waals surface area (Å²) in [6.07, 6.45) is 5.80. The molecule has 31 heavy (non-hydrogen) atoms. The molecule has 1 aliphatic rings. The summed E-state index contributed by atoms with van der Waals surface area (Å²) in [5.41, 5.74) is 0.373. The van der Waals surface area contributed by atoms with Crippen LogP contribution in [0.25, 0.3) is 11.3 Å². The first kappa shape index (κ1) is 22.4. The van der Waals surface area contributed by atoms with Gasteiger partial charge in [-0.05, 0) is 39.3 Å². The molecule has 8 nitrogen and oxygen atoms in total. The minimum absolute atomic E-state index is 0.0553. The number of ether oxygens (including phenoxy) is 1. The van der Waals surface area contributed by atoms with E-state index < -0.39 is 30.2 Å². The second kappa shape index (κ2) is 8.83. The number of carbonyl (C=O) groups is 2. The number of alkyl carbamates (subject to hydrolysis) is 1. The SMILES string of the molecule is C[C@H]1/C=C/C[C@@H](NC(=O)OC(C)(C)C)c2cc(ccn2)-c2c(cnn2C(F)F)NC1=O. The number of nitrogens with zero attached hydrogens (tertiary/aromatic N) is 3. The van der Waals surface area contributed by atoms with Crippen molar-refractivity contribution in [1.29, 1.82) is 0 Å². The highest BCUT2D eigenvalue weighted by molar-refractivity contribution is 5.96. The smallest absolute Gasteiger partial charge is 0.408 e. The van der Waals surface area contributed by atoms with E-state index in [1.54, 1.807) is 52.0 Å². The number of pyridine rings is 1. The van der Waals surface area contributed by atoms with E-state index >= 15 is 0 Å². The number of nitrogens with one attached hydrogen (secondary N) is 2. The third-order valence-electron chi connectivity index (χ3n) is 4.55. The maximum Gasteiger partial charge on any atom is 0.408 e. The van der Waals surface area contributed by atoms with Crippen molar-refractivity contribution in [2.75, 3.05) is 5.32 Å². The summed E-state index contributed by atoms with van der Waals surface area (Å²) in [5.74, 6) is -0.895. The highest BCUT2D eigenvalue weighted by atomic mass is 19.3. The average molecular weight is 433 g/mol. The topological polar surface area (TPSA) is 98.1 Å². The molecule has 0 spiro atoms. The second-order valence-corrected chi connectivity index (χ2v) is 8.24. The van der Waals surface area contributed by atoms with E-state index in [1.165, 1.54) is 12.4 Å². The lowest BCUT2D eigenvalue weighted by atomic mass is 10.0. The lowest BCUT2D eigenvalue weighted by molar-refractivity contribution is -0.118. The van der Waals surface area contributed by atoms with Gasteiger partial charge in [-0.25, -0.2) is 9.48 Å². The molecule has 0 saturated heterocycles. The molecule has 2 atom stereocenters. The molecule has 2 amide bonds. The zero-order valence-corrected chi connectivity index (χ0v) is 17.7. The van der Waals surface area contributed by atoms with Crippen LogP contribution in [0.3, 0.4) is 0 Å². The van der Waals surface area contributed by atoms with Crippen LogP contribution in [-0.2, 0) is 9.53 Å². The Morgan fingerprint density at radius 1 is 1.39 bits per heavy atom. The van der Waals surface area contributed by atoms with Gasteiger partial charge in [0.25, 0.3) is 0 Å². The van der Waals surface area contributed by atoms with Gasteiger partial charge >= 0.3 is 12.6 Å². The van der Waals surface area contributed by atoms with Gasteiger partial charge in [-0.1, -0.05) is 19.1 Å². The van der Waals surface area contributed by atoms with E-state index in [2.05, 4.69) is 20.7 Å². The Morgan fingerprint density at radius 2 is 2.13 bits per heavy atom. The molecule has 0 fully saturated rings. The molecule has 0 aromatic carbocycles. The number of rotatable bonds is 2. The van der Waals surface area contributed by atoms with Crippen LogP contribution in [0.5, 0.6) is 0 Å². The number of hydrogen-bond donors (Lipinski definition) is 2. The molecule has 0 radical (unpaired) electrons. The molecule has 0 unspecified atom stereocenters. The number of carbonyl (C=O) groups excluding carboxylic acids is 2. The number of anilines is 1. The maximum atomic E-state index is 13.6. The zero-order chi connectivity index (χ0) is 22.8. The van der Waals surface area contributed by atoms with E-state index in [0.29, 0.717) is 22.4 Å². The van der Waals surface area contributed by atoms with Gasteiger partial charge in [0.2, 0.25) is 5.91 Å². The molecule has 3 heterocycles. The summed E-state index contributed by atoms with van der Waals surface area (Å²) in [7, 11) is 0. The Labute approximate surface area is 178 Å². The van der Waals surface area contributed by atoms with Crippen LogP contribution in [0.1, 0.15) is 52.4 Å². The van der Waals surface area contributed by atoms with Crippen molar-refractivity contribution in [2.24, 2.45) is 5.92 Å². The van der Waals surface area contributed by atoms with Crippen LogP contribution in [0.4, 0.5) is 19.3 Å². The highest BCUT2D eigenvalue weighted by Gasteiger charge is 2.25. The van der Waals surface area contributed by atoms with Crippen LogP contribution in [0.2, 0.25) is 0 Å². The Kier molecular flexibility index (Phi) is 6.37. The quantitative estimate of drug-likeness (QED) is 0.683. The van der Waals surface area contributed by atoms with Crippen molar-refractivity contribution < 1.29 is 23.1 Å². The Bertz CT molecular complexity index is 997. The molecule has 10 heteroatoms. The summed E-state index contributed by atoms with van der Waals surface area (Å²) in [5, 5.41) is 9.17. The molecule has 1 aliphatic heterocycles. The maximum absolute atomic E-state index is 13.6. The minimum Gasteiger partial charge on any atom is -0.444 e.